The fourth-order valence-electron chi connectivity index (χ4n) is 2.45. The van der Waals surface area contributed by atoms with Crippen molar-refractivity contribution in [2.75, 3.05) is 5.73 Å². The molecule has 1 heterocycles. The van der Waals surface area contributed by atoms with Crippen LogP contribution in [0, 0.1) is 24.1 Å². The van der Waals surface area contributed by atoms with Crippen molar-refractivity contribution in [2.24, 2.45) is 0 Å². The number of nitriles is 1. The van der Waals surface area contributed by atoms with Crippen molar-refractivity contribution in [3.05, 3.63) is 77.2 Å². The average molecular weight is 337 g/mol. The van der Waals surface area contributed by atoms with Gasteiger partial charge in [-0.05, 0) is 42.8 Å². The molecule has 3 aromatic rings. The van der Waals surface area contributed by atoms with Gasteiger partial charge in [-0.1, -0.05) is 41.6 Å². The number of rotatable bonds is 4. The first kappa shape index (κ1) is 16.2. The second kappa shape index (κ2) is 6.81. The number of nitrogen functional groups attached to an aromatic ring is 1. The van der Waals surface area contributed by atoms with Gasteiger partial charge in [0.2, 0.25) is 0 Å². The van der Waals surface area contributed by atoms with Crippen molar-refractivity contribution in [1.29, 1.82) is 5.26 Å². The average Bonchev–Trinajstić information content (AvgIpc) is 2.85. The van der Waals surface area contributed by atoms with Crippen LogP contribution in [0.3, 0.4) is 0 Å². The van der Waals surface area contributed by atoms with Gasteiger partial charge in [0.15, 0.2) is 0 Å². The van der Waals surface area contributed by atoms with E-state index in [-0.39, 0.29) is 5.82 Å². The van der Waals surface area contributed by atoms with Crippen molar-refractivity contribution in [3.63, 3.8) is 0 Å². The molecule has 0 spiro atoms. The molecule has 0 unspecified atom stereocenters. The fraction of sp³-hybridized carbons (Fsp3) is 0.105. The van der Waals surface area contributed by atoms with Gasteiger partial charge in [0.1, 0.15) is 22.6 Å². The Kier molecular flexibility index (Phi) is 4.59. The Labute approximate surface area is 144 Å². The van der Waals surface area contributed by atoms with E-state index in [1.165, 1.54) is 29.5 Å². The van der Waals surface area contributed by atoms with Crippen LogP contribution in [0.15, 0.2) is 64.5 Å². The molecule has 0 bridgehead atoms. The minimum absolute atomic E-state index is 0.293. The lowest BCUT2D eigenvalue weighted by Gasteiger charge is -2.11. The second-order valence-electron chi connectivity index (χ2n) is 5.53. The number of benzene rings is 2. The molecule has 2 N–H and O–H groups in total. The second-order valence-corrected chi connectivity index (χ2v) is 6.60. The SMILES string of the molecule is Cc1ccc(Sc2c(N)cc(C#N)n2Cc2cccc(F)c2)cc1. The molecule has 1 aromatic heterocycles. The molecule has 0 fully saturated rings. The number of aromatic nitrogens is 1. The zero-order valence-corrected chi connectivity index (χ0v) is 14.0. The van der Waals surface area contributed by atoms with Crippen LogP contribution in [0.5, 0.6) is 0 Å². The molecule has 0 aliphatic carbocycles. The van der Waals surface area contributed by atoms with Gasteiger partial charge in [-0.2, -0.15) is 5.26 Å². The first-order valence-corrected chi connectivity index (χ1v) is 8.26. The summed E-state index contributed by atoms with van der Waals surface area (Å²) in [5.74, 6) is -0.293. The van der Waals surface area contributed by atoms with Crippen LogP contribution in [0.2, 0.25) is 0 Å². The normalized spacial score (nSPS) is 10.5. The molecule has 120 valence electrons. The summed E-state index contributed by atoms with van der Waals surface area (Å²) >= 11 is 1.50. The minimum Gasteiger partial charge on any atom is -0.397 e. The lowest BCUT2D eigenvalue weighted by Crippen LogP contribution is -2.04. The predicted molar refractivity (Wildman–Crippen MR) is 94.4 cm³/mol. The smallest absolute Gasteiger partial charge is 0.123 e. The largest absolute Gasteiger partial charge is 0.397 e. The summed E-state index contributed by atoms with van der Waals surface area (Å²) in [6.45, 7) is 2.43. The Morgan fingerprint density at radius 1 is 1.17 bits per heavy atom. The number of anilines is 1. The molecule has 5 heteroatoms. The van der Waals surface area contributed by atoms with Gasteiger partial charge in [0.05, 0.1) is 5.69 Å². The molecular weight excluding hydrogens is 321 g/mol. The predicted octanol–water partition coefficient (Wildman–Crippen LogP) is 4.59. The van der Waals surface area contributed by atoms with Gasteiger partial charge >= 0.3 is 0 Å². The number of hydrogen-bond donors (Lipinski definition) is 1. The van der Waals surface area contributed by atoms with Gasteiger partial charge < -0.3 is 10.3 Å². The Hall–Kier alpha value is -2.71. The van der Waals surface area contributed by atoms with E-state index < -0.39 is 0 Å². The Morgan fingerprint density at radius 3 is 2.58 bits per heavy atom. The molecule has 2 aromatic carbocycles. The van der Waals surface area contributed by atoms with E-state index in [0.717, 1.165) is 15.5 Å². The van der Waals surface area contributed by atoms with Crippen LogP contribution in [-0.2, 0) is 6.54 Å². The van der Waals surface area contributed by atoms with E-state index >= 15 is 0 Å². The molecule has 0 aliphatic heterocycles. The Morgan fingerprint density at radius 2 is 1.92 bits per heavy atom. The monoisotopic (exact) mass is 337 g/mol. The summed E-state index contributed by atoms with van der Waals surface area (Å²) in [5.41, 5.74) is 9.09. The summed E-state index contributed by atoms with van der Waals surface area (Å²) in [4.78, 5) is 1.04. The first-order chi connectivity index (χ1) is 11.6. The van der Waals surface area contributed by atoms with Gasteiger partial charge in [0, 0.05) is 11.4 Å². The topological polar surface area (TPSA) is 54.7 Å². The van der Waals surface area contributed by atoms with Crippen LogP contribution < -0.4 is 5.73 Å². The summed E-state index contributed by atoms with van der Waals surface area (Å²) in [7, 11) is 0. The molecule has 0 amide bonds. The third kappa shape index (κ3) is 3.44. The number of aryl methyl sites for hydroxylation is 1. The fourth-order valence-corrected chi connectivity index (χ4v) is 3.40. The van der Waals surface area contributed by atoms with Crippen LogP contribution in [0.4, 0.5) is 10.1 Å². The zero-order chi connectivity index (χ0) is 17.1. The highest BCUT2D eigenvalue weighted by molar-refractivity contribution is 7.99. The molecule has 0 aliphatic rings. The lowest BCUT2D eigenvalue weighted by molar-refractivity contribution is 0.621. The number of hydrogen-bond acceptors (Lipinski definition) is 3. The summed E-state index contributed by atoms with van der Waals surface area (Å²) < 4.78 is 15.3. The van der Waals surface area contributed by atoms with Gasteiger partial charge in [-0.25, -0.2) is 4.39 Å². The van der Waals surface area contributed by atoms with Crippen molar-refractivity contribution < 1.29 is 4.39 Å². The van der Waals surface area contributed by atoms with Gasteiger partial charge in [0.25, 0.3) is 0 Å². The molecule has 0 atom stereocenters. The molecule has 0 radical (unpaired) electrons. The Balaban J connectivity index is 1.98. The maximum absolute atomic E-state index is 13.4. The van der Waals surface area contributed by atoms with E-state index in [0.29, 0.717) is 17.9 Å². The number of nitrogens with two attached hydrogens (primary N) is 1. The van der Waals surface area contributed by atoms with E-state index in [9.17, 15) is 9.65 Å². The third-order valence-electron chi connectivity index (χ3n) is 3.65. The van der Waals surface area contributed by atoms with Gasteiger partial charge in [-0.15, -0.1) is 0 Å². The molecular formula is C19H16FN3S. The zero-order valence-electron chi connectivity index (χ0n) is 13.2. The van der Waals surface area contributed by atoms with Crippen molar-refractivity contribution in [3.8, 4) is 6.07 Å². The van der Waals surface area contributed by atoms with Gasteiger partial charge in [-0.3, -0.25) is 0 Å². The van der Waals surface area contributed by atoms with Crippen LogP contribution in [-0.4, -0.2) is 4.57 Å². The maximum Gasteiger partial charge on any atom is 0.123 e. The van der Waals surface area contributed by atoms with E-state index in [1.807, 2.05) is 41.8 Å². The summed E-state index contributed by atoms with van der Waals surface area (Å²) in [6, 6.07) is 18.3. The van der Waals surface area contributed by atoms with Crippen LogP contribution >= 0.6 is 11.8 Å². The molecule has 24 heavy (non-hydrogen) atoms. The van der Waals surface area contributed by atoms with Crippen molar-refractivity contribution >= 4 is 17.4 Å². The minimum atomic E-state index is -0.293. The summed E-state index contributed by atoms with van der Waals surface area (Å²) in [5, 5.41) is 10.2. The molecule has 0 saturated carbocycles. The highest BCUT2D eigenvalue weighted by Crippen LogP contribution is 2.35. The molecule has 3 rings (SSSR count). The lowest BCUT2D eigenvalue weighted by atomic mass is 10.2. The third-order valence-corrected chi connectivity index (χ3v) is 4.81. The standard InChI is InChI=1S/C19H16FN3S/c1-13-5-7-17(8-6-13)24-19-18(22)10-16(11-21)23(19)12-14-3-2-4-15(20)9-14/h2-10H,12,22H2,1H3. The highest BCUT2D eigenvalue weighted by Gasteiger charge is 2.15. The molecule has 3 nitrogen and oxygen atoms in total. The van der Waals surface area contributed by atoms with Crippen molar-refractivity contribution in [2.45, 2.75) is 23.4 Å². The van der Waals surface area contributed by atoms with E-state index in [1.54, 1.807) is 12.1 Å². The van der Waals surface area contributed by atoms with Crippen molar-refractivity contribution in [1.82, 2.24) is 4.57 Å². The van der Waals surface area contributed by atoms with Crippen LogP contribution in [0.1, 0.15) is 16.8 Å². The quantitative estimate of drug-likeness (QED) is 0.757. The number of nitrogens with zero attached hydrogens (tertiary/aromatic N) is 2. The summed E-state index contributed by atoms with van der Waals surface area (Å²) in [6.07, 6.45) is 0. The van der Waals surface area contributed by atoms with E-state index in [2.05, 4.69) is 6.07 Å². The Bertz CT molecular complexity index is 907. The maximum atomic E-state index is 13.4. The molecule has 0 saturated heterocycles. The van der Waals surface area contributed by atoms with Crippen LogP contribution in [0.25, 0.3) is 0 Å². The first-order valence-electron chi connectivity index (χ1n) is 7.45. The van der Waals surface area contributed by atoms with E-state index in [4.69, 9.17) is 5.73 Å². The number of halogens is 1. The highest BCUT2D eigenvalue weighted by atomic mass is 32.2.